The Balaban J connectivity index is 2.54. The summed E-state index contributed by atoms with van der Waals surface area (Å²) >= 11 is 6.17. The number of hydrogen-bond acceptors (Lipinski definition) is 2. The summed E-state index contributed by atoms with van der Waals surface area (Å²) in [7, 11) is 7.31. The zero-order valence-corrected chi connectivity index (χ0v) is 12.1. The van der Waals surface area contributed by atoms with Crippen molar-refractivity contribution in [2.45, 2.75) is 6.42 Å². The molecule has 1 aromatic carbocycles. The van der Waals surface area contributed by atoms with Gasteiger partial charge in [-0.3, -0.25) is 4.99 Å². The minimum absolute atomic E-state index is 0.732. The molecular weight excluding hydrogens is 250 g/mol. The van der Waals surface area contributed by atoms with Crippen molar-refractivity contribution in [1.29, 1.82) is 0 Å². The first-order chi connectivity index (χ1) is 8.58. The number of rotatable bonds is 4. The van der Waals surface area contributed by atoms with Crippen molar-refractivity contribution in [1.82, 2.24) is 10.2 Å². The lowest BCUT2D eigenvalue weighted by Crippen LogP contribution is -2.37. The van der Waals surface area contributed by atoms with Crippen LogP contribution in [0.4, 0.5) is 0 Å². The van der Waals surface area contributed by atoms with Crippen LogP contribution in [-0.4, -0.2) is 45.7 Å². The summed E-state index contributed by atoms with van der Waals surface area (Å²) in [5.41, 5.74) is 1.10. The van der Waals surface area contributed by atoms with Crippen molar-refractivity contribution >= 4 is 17.6 Å². The van der Waals surface area contributed by atoms with Gasteiger partial charge in [0.15, 0.2) is 5.96 Å². The van der Waals surface area contributed by atoms with Crippen LogP contribution in [0.5, 0.6) is 5.75 Å². The van der Waals surface area contributed by atoms with E-state index in [9.17, 15) is 0 Å². The zero-order valence-electron chi connectivity index (χ0n) is 11.3. The summed E-state index contributed by atoms with van der Waals surface area (Å²) in [4.78, 5) is 6.09. The number of aliphatic imine (C=N–C) groups is 1. The minimum Gasteiger partial charge on any atom is -0.497 e. The molecule has 0 aromatic heterocycles. The van der Waals surface area contributed by atoms with Gasteiger partial charge in [-0.05, 0) is 24.1 Å². The topological polar surface area (TPSA) is 36.9 Å². The first-order valence-corrected chi connectivity index (χ1v) is 6.16. The SMILES string of the molecule is CN=C(NCCc1ccc(OC)cc1Cl)N(C)C. The molecule has 0 aliphatic heterocycles. The first-order valence-electron chi connectivity index (χ1n) is 5.79. The van der Waals surface area contributed by atoms with Crippen LogP contribution in [0.15, 0.2) is 23.2 Å². The van der Waals surface area contributed by atoms with Crippen LogP contribution < -0.4 is 10.1 Å². The van der Waals surface area contributed by atoms with Crippen LogP contribution in [0.25, 0.3) is 0 Å². The van der Waals surface area contributed by atoms with Crippen LogP contribution in [0.1, 0.15) is 5.56 Å². The summed E-state index contributed by atoms with van der Waals surface area (Å²) in [6.45, 7) is 0.789. The molecule has 0 fully saturated rings. The molecule has 0 heterocycles. The van der Waals surface area contributed by atoms with Crippen molar-refractivity contribution in [2.75, 3.05) is 34.8 Å². The fourth-order valence-corrected chi connectivity index (χ4v) is 1.87. The zero-order chi connectivity index (χ0) is 13.5. The maximum atomic E-state index is 6.17. The van der Waals surface area contributed by atoms with E-state index in [1.165, 1.54) is 0 Å². The van der Waals surface area contributed by atoms with Gasteiger partial charge in [-0.15, -0.1) is 0 Å². The number of benzene rings is 1. The van der Waals surface area contributed by atoms with Gasteiger partial charge in [-0.2, -0.15) is 0 Å². The van der Waals surface area contributed by atoms with E-state index in [0.29, 0.717) is 0 Å². The summed E-state index contributed by atoms with van der Waals surface area (Å²) in [5, 5.41) is 3.99. The first kappa shape index (κ1) is 14.6. The normalized spacial score (nSPS) is 11.3. The molecule has 0 saturated carbocycles. The molecule has 0 aliphatic rings. The third kappa shape index (κ3) is 4.11. The maximum Gasteiger partial charge on any atom is 0.193 e. The van der Waals surface area contributed by atoms with Crippen LogP contribution >= 0.6 is 11.6 Å². The molecule has 0 amide bonds. The van der Waals surface area contributed by atoms with Crippen LogP contribution in [0, 0.1) is 0 Å². The highest BCUT2D eigenvalue weighted by molar-refractivity contribution is 6.31. The van der Waals surface area contributed by atoms with Gasteiger partial charge in [0.2, 0.25) is 0 Å². The van der Waals surface area contributed by atoms with E-state index in [1.54, 1.807) is 14.2 Å². The second-order valence-electron chi connectivity index (χ2n) is 4.08. The molecule has 4 nitrogen and oxygen atoms in total. The lowest BCUT2D eigenvalue weighted by atomic mass is 10.1. The number of hydrogen-bond donors (Lipinski definition) is 1. The molecule has 18 heavy (non-hydrogen) atoms. The van der Waals surface area contributed by atoms with Gasteiger partial charge in [0.25, 0.3) is 0 Å². The number of halogens is 1. The molecule has 0 atom stereocenters. The maximum absolute atomic E-state index is 6.17. The summed E-state index contributed by atoms with van der Waals surface area (Å²) < 4.78 is 5.12. The monoisotopic (exact) mass is 269 g/mol. The number of methoxy groups -OCH3 is 1. The Morgan fingerprint density at radius 2 is 2.17 bits per heavy atom. The fraction of sp³-hybridized carbons (Fsp3) is 0.462. The van der Waals surface area contributed by atoms with Crippen molar-refractivity contribution in [3.63, 3.8) is 0 Å². The molecule has 5 heteroatoms. The minimum atomic E-state index is 0.732. The number of nitrogens with one attached hydrogen (secondary N) is 1. The third-order valence-corrected chi connectivity index (χ3v) is 2.92. The van der Waals surface area contributed by atoms with Gasteiger partial charge in [0.05, 0.1) is 7.11 Å². The van der Waals surface area contributed by atoms with Crippen LogP contribution in [0.2, 0.25) is 5.02 Å². The summed E-state index contributed by atoms with van der Waals surface area (Å²) in [5.74, 6) is 1.64. The molecule has 0 bridgehead atoms. The lowest BCUT2D eigenvalue weighted by molar-refractivity contribution is 0.414. The van der Waals surface area contributed by atoms with Gasteiger partial charge < -0.3 is 15.0 Å². The molecule has 1 N–H and O–H groups in total. The Morgan fingerprint density at radius 3 is 2.67 bits per heavy atom. The number of ether oxygens (including phenoxy) is 1. The van der Waals surface area contributed by atoms with Crippen molar-refractivity contribution in [2.24, 2.45) is 4.99 Å². The Kier molecular flexibility index (Phi) is 5.78. The fourth-order valence-electron chi connectivity index (χ4n) is 1.60. The van der Waals surface area contributed by atoms with Crippen LogP contribution in [-0.2, 0) is 6.42 Å². The number of guanidine groups is 1. The second kappa shape index (κ2) is 7.11. The Bertz CT molecular complexity index is 419. The Hall–Kier alpha value is -1.42. The second-order valence-corrected chi connectivity index (χ2v) is 4.48. The predicted octanol–water partition coefficient (Wildman–Crippen LogP) is 2.03. The molecule has 0 aliphatic carbocycles. The van der Waals surface area contributed by atoms with Crippen LogP contribution in [0.3, 0.4) is 0 Å². The highest BCUT2D eigenvalue weighted by Gasteiger charge is 2.04. The highest BCUT2D eigenvalue weighted by atomic mass is 35.5. The van der Waals surface area contributed by atoms with Crippen molar-refractivity contribution < 1.29 is 4.74 Å². The van der Waals surface area contributed by atoms with Gasteiger partial charge in [-0.1, -0.05) is 17.7 Å². The van der Waals surface area contributed by atoms with E-state index in [-0.39, 0.29) is 0 Å². The van der Waals surface area contributed by atoms with Crippen molar-refractivity contribution in [3.8, 4) is 5.75 Å². The average Bonchev–Trinajstić information content (AvgIpc) is 2.35. The Labute approximate surface area is 114 Å². The molecule has 100 valence electrons. The largest absolute Gasteiger partial charge is 0.497 e. The number of nitrogens with zero attached hydrogens (tertiary/aromatic N) is 2. The molecule has 0 spiro atoms. The molecule has 0 unspecified atom stereocenters. The van der Waals surface area contributed by atoms with E-state index in [0.717, 1.165) is 35.3 Å². The summed E-state index contributed by atoms with van der Waals surface area (Å²) in [6, 6.07) is 5.74. The average molecular weight is 270 g/mol. The van der Waals surface area contributed by atoms with E-state index in [1.807, 2.05) is 37.2 Å². The summed E-state index contributed by atoms with van der Waals surface area (Å²) in [6.07, 6.45) is 0.843. The third-order valence-electron chi connectivity index (χ3n) is 2.57. The lowest BCUT2D eigenvalue weighted by Gasteiger charge is -2.17. The van der Waals surface area contributed by atoms with Gasteiger partial charge in [0, 0.05) is 32.7 Å². The van der Waals surface area contributed by atoms with Crippen molar-refractivity contribution in [3.05, 3.63) is 28.8 Å². The molecular formula is C13H20ClN3O. The predicted molar refractivity (Wildman–Crippen MR) is 76.8 cm³/mol. The quantitative estimate of drug-likeness (QED) is 0.671. The van der Waals surface area contributed by atoms with E-state index < -0.39 is 0 Å². The van der Waals surface area contributed by atoms with E-state index in [4.69, 9.17) is 16.3 Å². The van der Waals surface area contributed by atoms with E-state index in [2.05, 4.69) is 10.3 Å². The van der Waals surface area contributed by atoms with E-state index >= 15 is 0 Å². The van der Waals surface area contributed by atoms with Gasteiger partial charge in [-0.25, -0.2) is 0 Å². The molecule has 0 radical (unpaired) electrons. The van der Waals surface area contributed by atoms with Gasteiger partial charge >= 0.3 is 0 Å². The molecule has 0 saturated heterocycles. The molecule has 1 rings (SSSR count). The molecule has 1 aromatic rings. The van der Waals surface area contributed by atoms with Gasteiger partial charge in [0.1, 0.15) is 5.75 Å². The Morgan fingerprint density at radius 1 is 1.44 bits per heavy atom. The highest BCUT2D eigenvalue weighted by Crippen LogP contribution is 2.22. The standard InChI is InChI=1S/C13H20ClN3O/c1-15-13(17(2)3)16-8-7-10-5-6-11(18-4)9-12(10)14/h5-6,9H,7-8H2,1-4H3,(H,15,16). The smallest absolute Gasteiger partial charge is 0.193 e.